The van der Waals surface area contributed by atoms with Crippen LogP contribution in [0.15, 0.2) is 24.3 Å². The van der Waals surface area contributed by atoms with Gasteiger partial charge >= 0.3 is 0 Å². The maximum Gasteiger partial charge on any atom is 0.180 e. The molecule has 110 valence electrons. The van der Waals surface area contributed by atoms with Crippen molar-refractivity contribution in [2.45, 2.75) is 30.3 Å². The zero-order valence-electron chi connectivity index (χ0n) is 11.2. The Kier molecular flexibility index (Phi) is 4.83. The lowest BCUT2D eigenvalue weighted by Gasteiger charge is -2.24. The molecule has 0 spiro atoms. The van der Waals surface area contributed by atoms with E-state index < -0.39 is 20.3 Å². The van der Waals surface area contributed by atoms with Crippen molar-refractivity contribution in [3.05, 3.63) is 34.9 Å². The predicted octanol–water partition coefficient (Wildman–Crippen LogP) is 2.51. The molecule has 0 aliphatic carbocycles. The molecule has 0 saturated carbocycles. The molecule has 1 aliphatic heterocycles. The molecule has 1 fully saturated rings. The van der Waals surface area contributed by atoms with E-state index in [2.05, 4.69) is 0 Å². The Morgan fingerprint density at radius 3 is 2.35 bits per heavy atom. The van der Waals surface area contributed by atoms with Gasteiger partial charge in [-0.3, -0.25) is 4.79 Å². The summed E-state index contributed by atoms with van der Waals surface area (Å²) in [5.74, 6) is -0.381. The van der Waals surface area contributed by atoms with Crippen LogP contribution < -0.4 is 0 Å². The van der Waals surface area contributed by atoms with Crippen LogP contribution in [0.3, 0.4) is 0 Å². The van der Waals surface area contributed by atoms with Crippen LogP contribution in [-0.4, -0.2) is 37.9 Å². The minimum absolute atomic E-state index is 0.373. The van der Waals surface area contributed by atoms with Gasteiger partial charge in [0.15, 0.2) is 15.6 Å². The fourth-order valence-electron chi connectivity index (χ4n) is 2.29. The second-order valence-corrected chi connectivity index (χ2v) is 7.90. The van der Waals surface area contributed by atoms with Crippen molar-refractivity contribution in [1.82, 2.24) is 0 Å². The molecule has 0 radical (unpaired) electrons. The quantitative estimate of drug-likeness (QED) is 0.801. The zero-order valence-corrected chi connectivity index (χ0v) is 12.8. The molecule has 1 saturated heterocycles. The number of halogens is 1. The zero-order chi connectivity index (χ0) is 14.8. The summed E-state index contributed by atoms with van der Waals surface area (Å²) < 4.78 is 30.1. The molecule has 6 heteroatoms. The Bertz CT molecular complexity index is 574. The van der Waals surface area contributed by atoms with E-state index in [9.17, 15) is 13.2 Å². The summed E-state index contributed by atoms with van der Waals surface area (Å²) in [6.45, 7) is 2.33. The average molecular weight is 317 g/mol. The molecule has 1 atom stereocenters. The number of ether oxygens (including phenoxy) is 1. The third-order valence-electron chi connectivity index (χ3n) is 3.62. The number of rotatable bonds is 4. The molecule has 1 unspecified atom stereocenters. The molecule has 1 aromatic rings. The van der Waals surface area contributed by atoms with Crippen LogP contribution in [0.5, 0.6) is 0 Å². The standard InChI is InChI=1S/C14H17ClO4S/c1-10(14(16)11-2-4-12(15)5-3-11)20(17,18)13-6-8-19-9-7-13/h2-5,10,13H,6-9H2,1H3. The van der Waals surface area contributed by atoms with E-state index in [-0.39, 0.29) is 5.78 Å². The van der Waals surface area contributed by atoms with E-state index in [1.165, 1.54) is 6.92 Å². The second kappa shape index (κ2) is 6.24. The van der Waals surface area contributed by atoms with Crippen molar-refractivity contribution < 1.29 is 17.9 Å². The minimum atomic E-state index is -3.48. The molecule has 0 N–H and O–H groups in total. The number of hydrogen-bond acceptors (Lipinski definition) is 4. The van der Waals surface area contributed by atoms with Crippen LogP contribution in [-0.2, 0) is 14.6 Å². The fourth-order valence-corrected chi connectivity index (χ4v) is 4.28. The van der Waals surface area contributed by atoms with E-state index in [0.717, 1.165) is 0 Å². The lowest BCUT2D eigenvalue weighted by molar-refractivity contribution is 0.0957. The van der Waals surface area contributed by atoms with E-state index >= 15 is 0 Å². The molecule has 0 amide bonds. The van der Waals surface area contributed by atoms with Crippen molar-refractivity contribution in [3.8, 4) is 0 Å². The molecular formula is C14H17ClO4S. The van der Waals surface area contributed by atoms with Crippen LogP contribution >= 0.6 is 11.6 Å². The van der Waals surface area contributed by atoms with Crippen LogP contribution in [0, 0.1) is 0 Å². The van der Waals surface area contributed by atoms with Crippen molar-refractivity contribution in [1.29, 1.82) is 0 Å². The average Bonchev–Trinajstić information content (AvgIpc) is 2.47. The highest BCUT2D eigenvalue weighted by atomic mass is 35.5. The van der Waals surface area contributed by atoms with Crippen LogP contribution in [0.4, 0.5) is 0 Å². The number of benzene rings is 1. The summed E-state index contributed by atoms with van der Waals surface area (Å²) in [7, 11) is -3.48. The van der Waals surface area contributed by atoms with Crippen molar-refractivity contribution in [2.24, 2.45) is 0 Å². The largest absolute Gasteiger partial charge is 0.381 e. The van der Waals surface area contributed by atoms with Gasteiger partial charge in [0, 0.05) is 23.8 Å². The molecule has 20 heavy (non-hydrogen) atoms. The summed E-state index contributed by atoms with van der Waals surface area (Å²) in [6, 6.07) is 6.28. The van der Waals surface area contributed by atoms with Gasteiger partial charge in [-0.2, -0.15) is 0 Å². The Morgan fingerprint density at radius 2 is 1.80 bits per heavy atom. The molecule has 2 rings (SSSR count). The number of sulfone groups is 1. The number of carbonyl (C=O) groups is 1. The first-order chi connectivity index (χ1) is 9.43. The van der Waals surface area contributed by atoms with Crippen LogP contribution in [0.25, 0.3) is 0 Å². The number of carbonyl (C=O) groups excluding carboxylic acids is 1. The highest BCUT2D eigenvalue weighted by molar-refractivity contribution is 7.93. The molecule has 1 heterocycles. The number of Topliss-reactive ketones (excluding diaryl/α,β-unsaturated/α-hetero) is 1. The van der Waals surface area contributed by atoms with Crippen LogP contribution in [0.1, 0.15) is 30.1 Å². The molecule has 4 nitrogen and oxygen atoms in total. The Balaban J connectivity index is 2.18. The maximum absolute atomic E-state index is 12.5. The van der Waals surface area contributed by atoms with E-state index in [1.54, 1.807) is 24.3 Å². The monoisotopic (exact) mass is 316 g/mol. The van der Waals surface area contributed by atoms with Gasteiger partial charge in [-0.1, -0.05) is 11.6 Å². The van der Waals surface area contributed by atoms with Gasteiger partial charge < -0.3 is 4.74 Å². The van der Waals surface area contributed by atoms with Crippen molar-refractivity contribution in [2.75, 3.05) is 13.2 Å². The highest BCUT2D eigenvalue weighted by Crippen LogP contribution is 2.23. The van der Waals surface area contributed by atoms with E-state index in [4.69, 9.17) is 16.3 Å². The van der Waals surface area contributed by atoms with Gasteiger partial charge in [0.25, 0.3) is 0 Å². The molecule has 1 aliphatic rings. The Labute approximate surface area is 124 Å². The van der Waals surface area contributed by atoms with Gasteiger partial charge in [-0.15, -0.1) is 0 Å². The molecule has 1 aromatic carbocycles. The first-order valence-corrected chi connectivity index (χ1v) is 8.52. The summed E-state index contributed by atoms with van der Waals surface area (Å²) >= 11 is 5.76. The normalized spacial score (nSPS) is 18.7. The summed E-state index contributed by atoms with van der Waals surface area (Å²) in [5, 5.41) is -1.00. The fraction of sp³-hybridized carbons (Fsp3) is 0.500. The van der Waals surface area contributed by atoms with Gasteiger partial charge in [0.2, 0.25) is 0 Å². The molecular weight excluding hydrogens is 300 g/mol. The van der Waals surface area contributed by atoms with E-state index in [0.29, 0.717) is 36.6 Å². The lowest BCUT2D eigenvalue weighted by Crippen LogP contribution is -2.38. The third-order valence-corrected chi connectivity index (χ3v) is 6.48. The topological polar surface area (TPSA) is 60.4 Å². The smallest absolute Gasteiger partial charge is 0.180 e. The predicted molar refractivity (Wildman–Crippen MR) is 78.0 cm³/mol. The number of hydrogen-bond donors (Lipinski definition) is 0. The van der Waals surface area contributed by atoms with Crippen LogP contribution in [0.2, 0.25) is 5.02 Å². The summed E-state index contributed by atoms with van der Waals surface area (Å²) in [4.78, 5) is 12.3. The molecule has 0 aromatic heterocycles. The highest BCUT2D eigenvalue weighted by Gasteiger charge is 2.36. The number of ketones is 1. The van der Waals surface area contributed by atoms with Crippen molar-refractivity contribution >= 4 is 27.2 Å². The summed E-state index contributed by atoms with van der Waals surface area (Å²) in [6.07, 6.45) is 0.918. The van der Waals surface area contributed by atoms with Gasteiger partial charge in [0.1, 0.15) is 5.25 Å². The molecule has 0 bridgehead atoms. The Morgan fingerprint density at radius 1 is 1.25 bits per heavy atom. The van der Waals surface area contributed by atoms with Crippen molar-refractivity contribution in [3.63, 3.8) is 0 Å². The van der Waals surface area contributed by atoms with Gasteiger partial charge in [0.05, 0.1) is 5.25 Å². The second-order valence-electron chi connectivity index (χ2n) is 4.91. The maximum atomic E-state index is 12.5. The first kappa shape index (κ1) is 15.5. The lowest BCUT2D eigenvalue weighted by atomic mass is 10.1. The minimum Gasteiger partial charge on any atom is -0.381 e. The van der Waals surface area contributed by atoms with Gasteiger partial charge in [-0.25, -0.2) is 8.42 Å². The Hall–Kier alpha value is -0.910. The van der Waals surface area contributed by atoms with E-state index in [1.807, 2.05) is 0 Å². The third kappa shape index (κ3) is 3.22. The first-order valence-electron chi connectivity index (χ1n) is 6.53. The summed E-state index contributed by atoms with van der Waals surface area (Å²) in [5.41, 5.74) is 0.373. The SMILES string of the molecule is CC(C(=O)c1ccc(Cl)cc1)S(=O)(=O)C1CCOCC1. The van der Waals surface area contributed by atoms with Gasteiger partial charge in [-0.05, 0) is 44.0 Å².